The van der Waals surface area contributed by atoms with Gasteiger partial charge in [-0.3, -0.25) is 4.68 Å². The average molecular weight is 428 g/mol. The fraction of sp³-hybridized carbons (Fsp3) is 0.278. The lowest BCUT2D eigenvalue weighted by Gasteiger charge is -2.08. The van der Waals surface area contributed by atoms with Crippen LogP contribution in [0.2, 0.25) is 5.15 Å². The minimum Gasteiger partial charge on any atom is -0.253 e. The van der Waals surface area contributed by atoms with Crippen LogP contribution in [-0.4, -0.2) is 30.6 Å². The average Bonchev–Trinajstić information content (AvgIpc) is 3.28. The van der Waals surface area contributed by atoms with Crippen LogP contribution in [0.25, 0.3) is 16.6 Å². The van der Waals surface area contributed by atoms with Crippen molar-refractivity contribution in [2.45, 2.75) is 31.0 Å². The lowest BCUT2D eigenvalue weighted by Crippen LogP contribution is -2.18. The van der Waals surface area contributed by atoms with Crippen molar-refractivity contribution in [3.05, 3.63) is 58.6 Å². The van der Waals surface area contributed by atoms with Gasteiger partial charge in [0.1, 0.15) is 6.54 Å². The summed E-state index contributed by atoms with van der Waals surface area (Å²) in [6, 6.07) is 6.23. The predicted octanol–water partition coefficient (Wildman–Crippen LogP) is 4.84. The van der Waals surface area contributed by atoms with Crippen LogP contribution in [0.5, 0.6) is 0 Å². The second-order valence-electron chi connectivity index (χ2n) is 7.03. The molecule has 0 aliphatic heterocycles. The molecule has 3 heterocycles. The Morgan fingerprint density at radius 1 is 1.10 bits per heavy atom. The number of benzene rings is 1. The van der Waals surface area contributed by atoms with Gasteiger partial charge in [0.2, 0.25) is 11.9 Å². The molecule has 0 bridgehead atoms. The fourth-order valence-electron chi connectivity index (χ4n) is 3.79. The van der Waals surface area contributed by atoms with E-state index in [2.05, 4.69) is 15.2 Å². The lowest BCUT2D eigenvalue weighted by molar-refractivity contribution is -0.142. The third kappa shape index (κ3) is 3.11. The standard InChI is InChI=1S/C18H11ClF5N5/c19-14-5-12(17-25-6-15(20)29(17)26-14)11-4-10(11)8-1-2-9-13(3-8)28(27-16(9)21)7-18(22,23)24/h1-3,5-6,10-11H,4,7H2/t10-,11+/m1/s1. The molecule has 1 saturated carbocycles. The van der Waals surface area contributed by atoms with E-state index >= 15 is 0 Å². The molecule has 0 unspecified atom stereocenters. The molecule has 1 aliphatic rings. The number of imidazole rings is 1. The fourth-order valence-corrected chi connectivity index (χ4v) is 3.98. The van der Waals surface area contributed by atoms with Crippen molar-refractivity contribution in [2.24, 2.45) is 0 Å². The largest absolute Gasteiger partial charge is 0.408 e. The molecule has 0 saturated heterocycles. The van der Waals surface area contributed by atoms with E-state index < -0.39 is 24.6 Å². The maximum atomic E-state index is 13.9. The lowest BCUT2D eigenvalue weighted by atomic mass is 10.0. The molecule has 0 spiro atoms. The van der Waals surface area contributed by atoms with Crippen molar-refractivity contribution >= 4 is 28.2 Å². The Labute approximate surface area is 164 Å². The third-order valence-electron chi connectivity index (χ3n) is 5.10. The van der Waals surface area contributed by atoms with Crippen LogP contribution >= 0.6 is 11.6 Å². The highest BCUT2D eigenvalue weighted by molar-refractivity contribution is 6.29. The van der Waals surface area contributed by atoms with Crippen LogP contribution in [0, 0.1) is 11.9 Å². The molecule has 11 heteroatoms. The van der Waals surface area contributed by atoms with Gasteiger partial charge < -0.3 is 0 Å². The van der Waals surface area contributed by atoms with E-state index in [4.69, 9.17) is 11.6 Å². The van der Waals surface area contributed by atoms with E-state index in [1.807, 2.05) is 0 Å². The first-order chi connectivity index (χ1) is 13.7. The molecular formula is C18H11ClF5N5. The zero-order valence-corrected chi connectivity index (χ0v) is 15.2. The number of hydrogen-bond acceptors (Lipinski definition) is 3. The molecule has 5 rings (SSSR count). The van der Waals surface area contributed by atoms with Gasteiger partial charge in [0.15, 0.2) is 10.8 Å². The highest BCUT2D eigenvalue weighted by Crippen LogP contribution is 2.56. The number of aromatic nitrogens is 5. The van der Waals surface area contributed by atoms with Gasteiger partial charge >= 0.3 is 6.18 Å². The Kier molecular flexibility index (Phi) is 3.86. The Morgan fingerprint density at radius 3 is 2.66 bits per heavy atom. The number of fused-ring (bicyclic) bond motifs is 2. The quantitative estimate of drug-likeness (QED) is 0.439. The number of hydrogen-bond donors (Lipinski definition) is 0. The van der Waals surface area contributed by atoms with Crippen LogP contribution in [0.3, 0.4) is 0 Å². The summed E-state index contributed by atoms with van der Waals surface area (Å²) >= 11 is 6.00. The summed E-state index contributed by atoms with van der Waals surface area (Å²) in [7, 11) is 0. The molecule has 150 valence electrons. The molecule has 5 nitrogen and oxygen atoms in total. The molecule has 1 fully saturated rings. The van der Waals surface area contributed by atoms with E-state index in [1.54, 1.807) is 12.1 Å². The van der Waals surface area contributed by atoms with Gasteiger partial charge in [-0.2, -0.15) is 31.6 Å². The summed E-state index contributed by atoms with van der Waals surface area (Å²) in [4.78, 5) is 4.03. The van der Waals surface area contributed by atoms with Gasteiger partial charge in [-0.05, 0) is 42.0 Å². The zero-order chi connectivity index (χ0) is 20.5. The summed E-state index contributed by atoms with van der Waals surface area (Å²) in [5.74, 6) is -1.69. The van der Waals surface area contributed by atoms with E-state index in [-0.39, 0.29) is 27.9 Å². The monoisotopic (exact) mass is 427 g/mol. The Hall–Kier alpha value is -2.75. The highest BCUT2D eigenvalue weighted by atomic mass is 35.5. The van der Waals surface area contributed by atoms with E-state index in [9.17, 15) is 22.0 Å². The van der Waals surface area contributed by atoms with E-state index in [0.717, 1.165) is 16.3 Å². The van der Waals surface area contributed by atoms with Crippen LogP contribution in [0.15, 0.2) is 30.5 Å². The summed E-state index contributed by atoms with van der Waals surface area (Å²) in [5, 5.41) is 7.39. The van der Waals surface area contributed by atoms with Gasteiger partial charge in [-0.1, -0.05) is 17.7 Å². The summed E-state index contributed by atoms with van der Waals surface area (Å²) in [6.07, 6.45) is -2.80. The zero-order valence-electron chi connectivity index (χ0n) is 14.5. The second-order valence-corrected chi connectivity index (χ2v) is 7.41. The highest BCUT2D eigenvalue weighted by Gasteiger charge is 2.42. The predicted molar refractivity (Wildman–Crippen MR) is 93.8 cm³/mol. The van der Waals surface area contributed by atoms with Crippen molar-refractivity contribution in [1.29, 1.82) is 0 Å². The molecule has 29 heavy (non-hydrogen) atoms. The minimum absolute atomic E-state index is 0.0277. The molecule has 0 radical (unpaired) electrons. The van der Waals surface area contributed by atoms with E-state index in [0.29, 0.717) is 22.3 Å². The first-order valence-electron chi connectivity index (χ1n) is 8.63. The first kappa shape index (κ1) is 18.3. The van der Waals surface area contributed by atoms with Crippen LogP contribution < -0.4 is 0 Å². The van der Waals surface area contributed by atoms with Gasteiger partial charge in [-0.25, -0.2) is 4.98 Å². The Bertz CT molecular complexity index is 1260. The van der Waals surface area contributed by atoms with Crippen molar-refractivity contribution in [3.8, 4) is 0 Å². The summed E-state index contributed by atoms with van der Waals surface area (Å²) in [6.45, 7) is -1.38. The number of rotatable bonds is 3. The molecule has 0 N–H and O–H groups in total. The third-order valence-corrected chi connectivity index (χ3v) is 5.29. The minimum atomic E-state index is -4.52. The molecule has 0 amide bonds. The summed E-state index contributed by atoms with van der Waals surface area (Å²) in [5.41, 5.74) is 1.86. The first-order valence-corrected chi connectivity index (χ1v) is 9.01. The smallest absolute Gasteiger partial charge is 0.253 e. The van der Waals surface area contributed by atoms with E-state index in [1.165, 1.54) is 12.1 Å². The molecule has 1 aromatic carbocycles. The van der Waals surface area contributed by atoms with Crippen LogP contribution in [0.4, 0.5) is 22.0 Å². The number of nitrogens with zero attached hydrogens (tertiary/aromatic N) is 5. The second kappa shape index (κ2) is 6.12. The van der Waals surface area contributed by atoms with Crippen molar-refractivity contribution in [2.75, 3.05) is 0 Å². The van der Waals surface area contributed by atoms with Crippen molar-refractivity contribution < 1.29 is 22.0 Å². The SMILES string of the molecule is Fc1nn(CC(F)(F)F)c2cc([C@H]3C[C@@H]3c3cc(Cl)nn4c(F)cnc34)ccc12. The molecule has 3 aromatic heterocycles. The molecule has 1 aliphatic carbocycles. The van der Waals surface area contributed by atoms with Gasteiger partial charge in [0, 0.05) is 5.56 Å². The number of alkyl halides is 3. The Morgan fingerprint density at radius 2 is 1.90 bits per heavy atom. The summed E-state index contributed by atoms with van der Waals surface area (Å²) < 4.78 is 67.7. The maximum Gasteiger partial charge on any atom is 0.408 e. The number of halogens is 6. The van der Waals surface area contributed by atoms with Crippen LogP contribution in [-0.2, 0) is 6.54 Å². The topological polar surface area (TPSA) is 48.0 Å². The molecular weight excluding hydrogens is 417 g/mol. The van der Waals surface area contributed by atoms with Gasteiger partial charge in [0.25, 0.3) is 0 Å². The van der Waals surface area contributed by atoms with Crippen LogP contribution in [0.1, 0.15) is 29.4 Å². The Balaban J connectivity index is 1.53. The van der Waals surface area contributed by atoms with Crippen molar-refractivity contribution in [1.82, 2.24) is 24.4 Å². The van der Waals surface area contributed by atoms with Crippen molar-refractivity contribution in [3.63, 3.8) is 0 Å². The van der Waals surface area contributed by atoms with Gasteiger partial charge in [0.05, 0.1) is 17.1 Å². The normalized spacial score (nSPS) is 19.4. The van der Waals surface area contributed by atoms with Gasteiger partial charge in [-0.15, -0.1) is 5.10 Å². The molecule has 4 aromatic rings. The molecule has 2 atom stereocenters. The maximum absolute atomic E-state index is 13.9.